The van der Waals surface area contributed by atoms with Crippen LogP contribution < -0.4 is 10.2 Å². The summed E-state index contributed by atoms with van der Waals surface area (Å²) < 4.78 is 13.0. The third-order valence-corrected chi connectivity index (χ3v) is 3.93. The van der Waals surface area contributed by atoms with Gasteiger partial charge in [-0.15, -0.1) is 0 Å². The molecule has 19 heavy (non-hydrogen) atoms. The van der Waals surface area contributed by atoms with Crippen LogP contribution in [0.25, 0.3) is 0 Å². The molecule has 1 atom stereocenters. The molecule has 0 heterocycles. The van der Waals surface area contributed by atoms with Crippen LogP contribution in [0.3, 0.4) is 0 Å². The van der Waals surface area contributed by atoms with Crippen LogP contribution in [0.1, 0.15) is 19.8 Å². The number of likely N-dealkylation sites (N-methyl/N-ethyl adjacent to an activating group) is 2. The molecule has 0 saturated heterocycles. The molecule has 1 aromatic rings. The van der Waals surface area contributed by atoms with Gasteiger partial charge in [-0.2, -0.15) is 5.26 Å². The van der Waals surface area contributed by atoms with Gasteiger partial charge in [0, 0.05) is 18.8 Å². The number of anilines is 1. The van der Waals surface area contributed by atoms with Gasteiger partial charge in [0.1, 0.15) is 11.4 Å². The van der Waals surface area contributed by atoms with Crippen LogP contribution >= 0.6 is 0 Å². The van der Waals surface area contributed by atoms with E-state index >= 15 is 0 Å². The summed E-state index contributed by atoms with van der Waals surface area (Å²) in [5.74, 6) is 0.194. The largest absolute Gasteiger partial charge is 0.369 e. The summed E-state index contributed by atoms with van der Waals surface area (Å²) in [6, 6.07) is 8.90. The molecule has 1 fully saturated rings. The van der Waals surface area contributed by atoms with E-state index < -0.39 is 5.54 Å². The minimum absolute atomic E-state index is 0.234. The van der Waals surface area contributed by atoms with Crippen molar-refractivity contribution in [2.75, 3.05) is 25.0 Å². The van der Waals surface area contributed by atoms with Gasteiger partial charge in [0.2, 0.25) is 0 Å². The van der Waals surface area contributed by atoms with Crippen molar-refractivity contribution in [3.8, 4) is 6.07 Å². The molecule has 1 N–H and O–H groups in total. The molecule has 0 radical (unpaired) electrons. The zero-order valence-corrected chi connectivity index (χ0v) is 11.5. The summed E-state index contributed by atoms with van der Waals surface area (Å²) in [4.78, 5) is 2.12. The smallest absolute Gasteiger partial charge is 0.126 e. The first-order valence-corrected chi connectivity index (χ1v) is 6.76. The highest BCUT2D eigenvalue weighted by molar-refractivity contribution is 5.47. The Bertz CT molecular complexity index is 461. The lowest BCUT2D eigenvalue weighted by atomic mass is 9.94. The SMILES string of the molecule is CCN(CC(C#N)(NC)C1CC1)c1ccc(F)cc1. The van der Waals surface area contributed by atoms with Crippen molar-refractivity contribution >= 4 is 5.69 Å². The fraction of sp³-hybridized carbons (Fsp3) is 0.533. The predicted octanol–water partition coefficient (Wildman–Crippen LogP) is 2.54. The number of nitrogens with one attached hydrogen (secondary N) is 1. The molecule has 1 aromatic carbocycles. The van der Waals surface area contributed by atoms with Crippen LogP contribution in [-0.2, 0) is 0 Å². The molecule has 102 valence electrons. The molecule has 2 rings (SSSR count). The standard InChI is InChI=1S/C15H20FN3/c1-3-19(14-8-6-13(16)7-9-14)11-15(10-17,18-2)12-4-5-12/h6-9,12,18H,3-5,11H2,1-2H3. The number of nitriles is 1. The lowest BCUT2D eigenvalue weighted by molar-refractivity contribution is 0.393. The number of rotatable bonds is 6. The molecule has 4 heteroatoms. The summed E-state index contributed by atoms with van der Waals surface area (Å²) >= 11 is 0. The summed E-state index contributed by atoms with van der Waals surface area (Å²) in [5.41, 5.74) is 0.462. The summed E-state index contributed by atoms with van der Waals surface area (Å²) in [7, 11) is 1.85. The van der Waals surface area contributed by atoms with Gasteiger partial charge >= 0.3 is 0 Å². The molecule has 0 aliphatic heterocycles. The minimum atomic E-state index is -0.496. The average molecular weight is 261 g/mol. The van der Waals surface area contributed by atoms with Crippen molar-refractivity contribution in [2.24, 2.45) is 5.92 Å². The normalized spacial score (nSPS) is 17.6. The molecule has 1 unspecified atom stereocenters. The van der Waals surface area contributed by atoms with E-state index in [1.807, 2.05) is 14.0 Å². The summed E-state index contributed by atoms with van der Waals surface area (Å²) in [6.07, 6.45) is 2.21. The molecule has 0 bridgehead atoms. The van der Waals surface area contributed by atoms with E-state index in [2.05, 4.69) is 16.3 Å². The first kappa shape index (κ1) is 13.8. The highest BCUT2D eigenvalue weighted by atomic mass is 19.1. The molecule has 1 aliphatic carbocycles. The zero-order chi connectivity index (χ0) is 13.9. The fourth-order valence-corrected chi connectivity index (χ4v) is 2.51. The van der Waals surface area contributed by atoms with E-state index in [0.717, 1.165) is 25.1 Å². The van der Waals surface area contributed by atoms with Crippen molar-refractivity contribution < 1.29 is 4.39 Å². The van der Waals surface area contributed by atoms with Crippen molar-refractivity contribution in [3.63, 3.8) is 0 Å². The van der Waals surface area contributed by atoms with Crippen LogP contribution in [0, 0.1) is 23.1 Å². The van der Waals surface area contributed by atoms with E-state index in [1.165, 1.54) is 12.1 Å². The lowest BCUT2D eigenvalue weighted by Crippen LogP contribution is -2.53. The Kier molecular flexibility index (Phi) is 4.06. The van der Waals surface area contributed by atoms with E-state index in [1.54, 1.807) is 12.1 Å². The highest BCUT2D eigenvalue weighted by Gasteiger charge is 2.45. The Balaban J connectivity index is 2.18. The highest BCUT2D eigenvalue weighted by Crippen LogP contribution is 2.40. The van der Waals surface area contributed by atoms with Crippen LogP contribution in [0.2, 0.25) is 0 Å². The second-order valence-electron chi connectivity index (χ2n) is 5.10. The maximum atomic E-state index is 13.0. The third-order valence-electron chi connectivity index (χ3n) is 3.93. The van der Waals surface area contributed by atoms with Gasteiger partial charge in [-0.3, -0.25) is 0 Å². The van der Waals surface area contributed by atoms with Gasteiger partial charge in [0.15, 0.2) is 0 Å². The second kappa shape index (κ2) is 5.58. The van der Waals surface area contributed by atoms with Crippen LogP contribution in [0.5, 0.6) is 0 Å². The molecule has 0 amide bonds. The van der Waals surface area contributed by atoms with E-state index in [0.29, 0.717) is 12.5 Å². The van der Waals surface area contributed by atoms with Crippen molar-refractivity contribution in [1.29, 1.82) is 5.26 Å². The first-order chi connectivity index (χ1) is 9.15. The molecule has 1 aliphatic rings. The van der Waals surface area contributed by atoms with Crippen molar-refractivity contribution in [3.05, 3.63) is 30.1 Å². The van der Waals surface area contributed by atoms with E-state index in [-0.39, 0.29) is 5.82 Å². The molecular weight excluding hydrogens is 241 g/mol. The quantitative estimate of drug-likeness (QED) is 0.855. The van der Waals surface area contributed by atoms with Gasteiger partial charge in [0.05, 0.1) is 6.07 Å². The van der Waals surface area contributed by atoms with Crippen molar-refractivity contribution in [1.82, 2.24) is 5.32 Å². The zero-order valence-electron chi connectivity index (χ0n) is 11.5. The summed E-state index contributed by atoms with van der Waals surface area (Å²) in [6.45, 7) is 3.48. The van der Waals surface area contributed by atoms with Crippen molar-refractivity contribution in [2.45, 2.75) is 25.3 Å². The third kappa shape index (κ3) is 2.87. The Hall–Kier alpha value is -1.60. The van der Waals surface area contributed by atoms with Crippen LogP contribution in [-0.4, -0.2) is 25.7 Å². The molecular formula is C15H20FN3. The monoisotopic (exact) mass is 261 g/mol. The maximum Gasteiger partial charge on any atom is 0.126 e. The van der Waals surface area contributed by atoms with E-state index in [4.69, 9.17) is 0 Å². The van der Waals surface area contributed by atoms with Crippen LogP contribution in [0.15, 0.2) is 24.3 Å². The predicted molar refractivity (Wildman–Crippen MR) is 74.4 cm³/mol. The number of hydrogen-bond donors (Lipinski definition) is 1. The Morgan fingerprint density at radius 3 is 2.47 bits per heavy atom. The topological polar surface area (TPSA) is 39.1 Å². The molecule has 3 nitrogen and oxygen atoms in total. The number of halogens is 1. The molecule has 0 aromatic heterocycles. The van der Waals surface area contributed by atoms with Gasteiger partial charge in [-0.05, 0) is 57.0 Å². The lowest BCUT2D eigenvalue weighted by Gasteiger charge is -2.34. The first-order valence-electron chi connectivity index (χ1n) is 6.76. The van der Waals surface area contributed by atoms with Gasteiger partial charge in [-0.1, -0.05) is 0 Å². The summed E-state index contributed by atoms with van der Waals surface area (Å²) in [5, 5.41) is 12.7. The average Bonchev–Trinajstić information content (AvgIpc) is 3.27. The number of hydrogen-bond acceptors (Lipinski definition) is 3. The molecule has 0 spiro atoms. The van der Waals surface area contributed by atoms with E-state index in [9.17, 15) is 9.65 Å². The van der Waals surface area contributed by atoms with Gasteiger partial charge in [-0.25, -0.2) is 4.39 Å². The Labute approximate surface area is 114 Å². The Morgan fingerprint density at radius 2 is 2.05 bits per heavy atom. The van der Waals surface area contributed by atoms with Gasteiger partial charge < -0.3 is 10.2 Å². The number of benzene rings is 1. The minimum Gasteiger partial charge on any atom is -0.369 e. The fourth-order valence-electron chi connectivity index (χ4n) is 2.51. The Morgan fingerprint density at radius 1 is 1.42 bits per heavy atom. The van der Waals surface area contributed by atoms with Gasteiger partial charge in [0.25, 0.3) is 0 Å². The maximum absolute atomic E-state index is 13.0. The molecule has 1 saturated carbocycles. The number of nitrogens with zero attached hydrogens (tertiary/aromatic N) is 2. The van der Waals surface area contributed by atoms with Crippen LogP contribution in [0.4, 0.5) is 10.1 Å². The second-order valence-corrected chi connectivity index (χ2v) is 5.10.